The van der Waals surface area contributed by atoms with E-state index in [1.165, 1.54) is 19.0 Å². The first-order valence-corrected chi connectivity index (χ1v) is 17.8. The van der Waals surface area contributed by atoms with E-state index in [0.717, 1.165) is 6.54 Å². The fourth-order valence-corrected chi connectivity index (χ4v) is 2.86. The number of allylic oxidation sites excluding steroid dienone is 2. The summed E-state index contributed by atoms with van der Waals surface area (Å²) in [6, 6.07) is 29.8. The van der Waals surface area contributed by atoms with Crippen molar-refractivity contribution in [3.8, 4) is 0 Å². The summed E-state index contributed by atoms with van der Waals surface area (Å²) in [5.74, 6) is 0. The van der Waals surface area contributed by atoms with E-state index in [1.54, 1.807) is 142 Å². The lowest BCUT2D eigenvalue weighted by atomic mass is 10.4. The molecule has 0 saturated heterocycles. The molecule has 9 aromatic rings. The number of aromatic nitrogens is 15. The normalized spacial score (nSPS) is 8.93. The van der Waals surface area contributed by atoms with Crippen molar-refractivity contribution in [3.05, 3.63) is 264 Å². The molecule has 16 heteroatoms. The monoisotopic (exact) mass is 798 g/mol. The largest absolute Gasteiger partial charge is 0.387 e. The van der Waals surface area contributed by atoms with Crippen molar-refractivity contribution in [1.29, 1.82) is 0 Å². The molecule has 0 radical (unpaired) electrons. The molecule has 0 atom stereocenters. The van der Waals surface area contributed by atoms with E-state index in [0.29, 0.717) is 0 Å². The van der Waals surface area contributed by atoms with Gasteiger partial charge in [0.25, 0.3) is 0 Å². The van der Waals surface area contributed by atoms with Crippen molar-refractivity contribution in [2.75, 3.05) is 6.54 Å². The van der Waals surface area contributed by atoms with Crippen molar-refractivity contribution in [1.82, 2.24) is 80.5 Å². The Morgan fingerprint density at radius 1 is 0.233 bits per heavy atom. The van der Waals surface area contributed by atoms with Crippen LogP contribution in [-0.2, 0) is 0 Å². The molecule has 10 rings (SSSR count). The third-order valence-electron chi connectivity index (χ3n) is 5.27. The molecule has 0 saturated carbocycles. The van der Waals surface area contributed by atoms with Gasteiger partial charge in [-0.15, -0.1) is 0 Å². The van der Waals surface area contributed by atoms with E-state index in [4.69, 9.17) is 0 Å². The highest BCUT2D eigenvalue weighted by atomic mass is 15.1. The number of rotatable bonds is 0. The van der Waals surface area contributed by atoms with Gasteiger partial charge in [-0.05, 0) is 91.1 Å². The number of nitrogens with zero attached hydrogens (tertiary/aromatic N) is 15. The maximum absolute atomic E-state index is 3.78. The standard InChI is InChI=1S/C5H7N.3C5H5N.6C4H4N2/c4*1-2-4-6-5-3-1;1-2-6-4-3-5-1;3*1-2-5-4-6-3-1;2*1-2-4-6-5-3-1/h1-4,6H,5H2;3*1-5H;6*1-4H. The number of hydrogen-bond acceptors (Lipinski definition) is 16. The van der Waals surface area contributed by atoms with Crippen LogP contribution in [-0.4, -0.2) is 81.8 Å². The van der Waals surface area contributed by atoms with Gasteiger partial charge in [-0.1, -0.05) is 30.4 Å². The van der Waals surface area contributed by atoms with Gasteiger partial charge in [0.1, 0.15) is 19.0 Å². The van der Waals surface area contributed by atoms with Gasteiger partial charge >= 0.3 is 0 Å². The molecule has 10 heterocycles. The zero-order chi connectivity index (χ0) is 42.4. The van der Waals surface area contributed by atoms with Crippen LogP contribution in [0, 0.1) is 0 Å². The van der Waals surface area contributed by atoms with Crippen LogP contribution < -0.4 is 5.32 Å². The minimum atomic E-state index is 0.983. The lowest BCUT2D eigenvalue weighted by molar-refractivity contribution is 0.972. The first-order chi connectivity index (χ1) is 30.0. The predicted molar refractivity (Wildman–Crippen MR) is 231 cm³/mol. The van der Waals surface area contributed by atoms with Crippen molar-refractivity contribution in [2.45, 2.75) is 0 Å². The molecule has 1 aliphatic heterocycles. The molecule has 0 bridgehead atoms. The van der Waals surface area contributed by atoms with Crippen LogP contribution in [0.2, 0.25) is 0 Å². The molecule has 0 unspecified atom stereocenters. The zero-order valence-electron chi connectivity index (χ0n) is 32.7. The van der Waals surface area contributed by atoms with E-state index in [2.05, 4.69) is 86.6 Å². The smallest absolute Gasteiger partial charge is 0.115 e. The van der Waals surface area contributed by atoms with E-state index < -0.39 is 0 Å². The molecule has 0 amide bonds. The summed E-state index contributed by atoms with van der Waals surface area (Å²) >= 11 is 0. The summed E-state index contributed by atoms with van der Waals surface area (Å²) in [4.78, 5) is 40.8. The van der Waals surface area contributed by atoms with Gasteiger partial charge in [0.2, 0.25) is 0 Å². The quantitative estimate of drug-likeness (QED) is 0.168. The first-order valence-electron chi connectivity index (χ1n) is 17.8. The van der Waals surface area contributed by atoms with E-state index in [9.17, 15) is 0 Å². The second kappa shape index (κ2) is 46.4. The van der Waals surface area contributed by atoms with E-state index in [1.807, 2.05) is 97.2 Å². The Labute approximate surface area is 350 Å². The Kier molecular flexibility index (Phi) is 38.0. The lowest BCUT2D eigenvalue weighted by Gasteiger charge is -1.94. The molecule has 0 fully saturated rings. The van der Waals surface area contributed by atoms with E-state index in [-0.39, 0.29) is 0 Å². The average Bonchev–Trinajstić information content (AvgIpc) is 3.41. The zero-order valence-corrected chi connectivity index (χ0v) is 32.7. The van der Waals surface area contributed by atoms with Gasteiger partial charge in [0.05, 0.1) is 0 Å². The van der Waals surface area contributed by atoms with Gasteiger partial charge in [0.15, 0.2) is 0 Å². The van der Waals surface area contributed by atoms with Crippen LogP contribution in [0.15, 0.2) is 264 Å². The van der Waals surface area contributed by atoms with E-state index >= 15 is 0 Å². The van der Waals surface area contributed by atoms with Crippen LogP contribution in [0.1, 0.15) is 0 Å². The van der Waals surface area contributed by atoms with Crippen molar-refractivity contribution < 1.29 is 0 Å². The van der Waals surface area contributed by atoms with Crippen molar-refractivity contribution in [2.24, 2.45) is 0 Å². The Morgan fingerprint density at radius 2 is 0.500 bits per heavy atom. The predicted octanol–water partition coefficient (Wildman–Crippen LogP) is 6.76. The second-order valence-electron chi connectivity index (χ2n) is 9.70. The summed E-state index contributed by atoms with van der Waals surface area (Å²) in [7, 11) is 0. The van der Waals surface area contributed by atoms with Crippen LogP contribution in [0.25, 0.3) is 0 Å². The van der Waals surface area contributed by atoms with Gasteiger partial charge in [-0.2, -0.15) is 20.4 Å². The summed E-state index contributed by atoms with van der Waals surface area (Å²) in [5, 5.41) is 17.2. The maximum atomic E-state index is 3.78. The van der Waals surface area contributed by atoms with Crippen molar-refractivity contribution in [3.63, 3.8) is 0 Å². The SMILES string of the molecule is C1=CCNC=C1.c1ccncc1.c1ccncc1.c1ccncc1.c1ccnnc1.c1ccnnc1.c1cnccn1.c1cncnc1.c1cncnc1.c1cncnc1. The fourth-order valence-electron chi connectivity index (χ4n) is 2.86. The Morgan fingerprint density at radius 3 is 0.583 bits per heavy atom. The number of nitrogens with one attached hydrogen (secondary N) is 1. The van der Waals surface area contributed by atoms with Crippen LogP contribution >= 0.6 is 0 Å². The van der Waals surface area contributed by atoms with Gasteiger partial charge < -0.3 is 5.32 Å². The number of dihydropyridines is 1. The third-order valence-corrected chi connectivity index (χ3v) is 5.27. The summed E-state index contributed by atoms with van der Waals surface area (Å²) in [5.41, 5.74) is 0. The minimum Gasteiger partial charge on any atom is -0.387 e. The molecule has 302 valence electrons. The summed E-state index contributed by atoms with van der Waals surface area (Å²) < 4.78 is 0. The molecule has 0 spiro atoms. The summed E-state index contributed by atoms with van der Waals surface area (Å²) in [6.07, 6.45) is 46.2. The topological polar surface area (TPSA) is 205 Å². The number of hydrogen-bond donors (Lipinski definition) is 1. The highest BCUT2D eigenvalue weighted by Gasteiger charge is 1.73. The molecular formula is C44H46N16. The second-order valence-corrected chi connectivity index (χ2v) is 9.70. The molecule has 0 aliphatic carbocycles. The van der Waals surface area contributed by atoms with Crippen LogP contribution in [0.3, 0.4) is 0 Å². The molecule has 0 aromatic carbocycles. The Bertz CT molecular complexity index is 1330. The first kappa shape index (κ1) is 49.2. The third kappa shape index (κ3) is 43.6. The Balaban J connectivity index is 0.000000333. The highest BCUT2D eigenvalue weighted by Crippen LogP contribution is 1.79. The van der Waals surface area contributed by atoms with Gasteiger partial charge in [-0.25, -0.2) is 29.9 Å². The van der Waals surface area contributed by atoms with Crippen molar-refractivity contribution >= 4 is 0 Å². The molecular weight excluding hydrogens is 753 g/mol. The van der Waals surface area contributed by atoms with Crippen LogP contribution in [0.5, 0.6) is 0 Å². The number of pyridine rings is 3. The molecule has 60 heavy (non-hydrogen) atoms. The molecule has 1 N–H and O–H groups in total. The Hall–Kier alpha value is -8.79. The lowest BCUT2D eigenvalue weighted by Crippen LogP contribution is -2.05. The van der Waals surface area contributed by atoms with Gasteiger partial charge in [0, 0.05) is 130 Å². The fraction of sp³-hybridized carbons (Fsp3) is 0.0227. The minimum absolute atomic E-state index is 0.983. The highest BCUT2D eigenvalue weighted by molar-refractivity contribution is 5.07. The average molecular weight is 799 g/mol. The summed E-state index contributed by atoms with van der Waals surface area (Å²) in [6.45, 7) is 0.983. The van der Waals surface area contributed by atoms with Gasteiger partial charge in [-0.3, -0.25) is 24.9 Å². The molecule has 9 aromatic heterocycles. The van der Waals surface area contributed by atoms with Crippen LogP contribution in [0.4, 0.5) is 0 Å². The molecule has 16 nitrogen and oxygen atoms in total. The molecule has 1 aliphatic rings. The maximum Gasteiger partial charge on any atom is 0.115 e.